The lowest BCUT2D eigenvalue weighted by molar-refractivity contribution is -0.122. The van der Waals surface area contributed by atoms with E-state index < -0.39 is 0 Å². The van der Waals surface area contributed by atoms with Crippen LogP contribution >= 0.6 is 11.6 Å². The number of ether oxygens (including phenoxy) is 1. The highest BCUT2D eigenvalue weighted by Crippen LogP contribution is 2.14. The molecule has 1 heterocycles. The molecule has 5 heteroatoms. The van der Waals surface area contributed by atoms with E-state index in [1.807, 2.05) is 24.3 Å². The summed E-state index contributed by atoms with van der Waals surface area (Å²) < 4.78 is 5.31. The maximum absolute atomic E-state index is 11.7. The van der Waals surface area contributed by atoms with E-state index in [2.05, 4.69) is 10.6 Å². The highest BCUT2D eigenvalue weighted by Gasteiger charge is 2.16. The van der Waals surface area contributed by atoms with Crippen molar-refractivity contribution in [2.75, 3.05) is 26.3 Å². The lowest BCUT2D eigenvalue weighted by atomic mass is 10.1. The number of halogens is 1. The summed E-state index contributed by atoms with van der Waals surface area (Å²) in [6, 6.07) is 7.83. The molecular formula is C14H19ClN2O2. The second-order valence-electron chi connectivity index (χ2n) is 4.62. The van der Waals surface area contributed by atoms with Gasteiger partial charge in [-0.3, -0.25) is 4.79 Å². The molecule has 0 radical (unpaired) electrons. The maximum Gasteiger partial charge on any atom is 0.221 e. The Kier molecular flexibility index (Phi) is 5.63. The Morgan fingerprint density at radius 1 is 1.47 bits per heavy atom. The summed E-state index contributed by atoms with van der Waals surface area (Å²) in [5.74, 6) is 0.0510. The SMILES string of the molecule is O=C(CC1COCCN1)NCCc1ccccc1Cl. The smallest absolute Gasteiger partial charge is 0.221 e. The van der Waals surface area contributed by atoms with Crippen molar-refractivity contribution in [3.05, 3.63) is 34.9 Å². The van der Waals surface area contributed by atoms with Gasteiger partial charge in [0.05, 0.1) is 13.2 Å². The summed E-state index contributed by atoms with van der Waals surface area (Å²) in [5, 5.41) is 6.92. The van der Waals surface area contributed by atoms with Crippen LogP contribution in [0.4, 0.5) is 0 Å². The normalized spacial score (nSPS) is 19.1. The zero-order chi connectivity index (χ0) is 13.5. The van der Waals surface area contributed by atoms with Crippen LogP contribution in [0.3, 0.4) is 0 Å². The molecule has 1 amide bonds. The average molecular weight is 283 g/mol. The van der Waals surface area contributed by atoms with Crippen LogP contribution in [0.1, 0.15) is 12.0 Å². The molecule has 1 atom stereocenters. The summed E-state index contributed by atoms with van der Waals surface area (Å²) in [6.07, 6.45) is 1.21. The number of morpholine rings is 1. The summed E-state index contributed by atoms with van der Waals surface area (Å²) in [6.45, 7) is 2.76. The molecule has 0 bridgehead atoms. The first kappa shape index (κ1) is 14.3. The minimum absolute atomic E-state index is 0.0510. The number of hydrogen-bond acceptors (Lipinski definition) is 3. The van der Waals surface area contributed by atoms with Gasteiger partial charge in [0.2, 0.25) is 5.91 Å². The highest BCUT2D eigenvalue weighted by molar-refractivity contribution is 6.31. The lowest BCUT2D eigenvalue weighted by Crippen LogP contribution is -2.44. The van der Waals surface area contributed by atoms with Crippen molar-refractivity contribution >= 4 is 17.5 Å². The number of carbonyl (C=O) groups excluding carboxylic acids is 1. The fraction of sp³-hybridized carbons (Fsp3) is 0.500. The van der Waals surface area contributed by atoms with E-state index in [1.54, 1.807) is 0 Å². The number of nitrogens with one attached hydrogen (secondary N) is 2. The summed E-state index contributed by atoms with van der Waals surface area (Å²) in [5.41, 5.74) is 1.06. The largest absolute Gasteiger partial charge is 0.378 e. The number of benzene rings is 1. The molecular weight excluding hydrogens is 264 g/mol. The van der Waals surface area contributed by atoms with Crippen LogP contribution in [0.5, 0.6) is 0 Å². The fourth-order valence-electron chi connectivity index (χ4n) is 2.08. The summed E-state index contributed by atoms with van der Waals surface area (Å²) >= 11 is 6.06. The molecule has 4 nitrogen and oxygen atoms in total. The molecule has 1 aliphatic rings. The van der Waals surface area contributed by atoms with Crippen molar-refractivity contribution in [2.24, 2.45) is 0 Å². The maximum atomic E-state index is 11.7. The zero-order valence-electron chi connectivity index (χ0n) is 10.8. The van der Waals surface area contributed by atoms with Gasteiger partial charge in [-0.05, 0) is 18.1 Å². The average Bonchev–Trinajstić information content (AvgIpc) is 2.42. The second kappa shape index (κ2) is 7.48. The highest BCUT2D eigenvalue weighted by atomic mass is 35.5. The predicted octanol–water partition coefficient (Wildman–Crippen LogP) is 1.38. The van der Waals surface area contributed by atoms with E-state index in [1.165, 1.54) is 0 Å². The minimum atomic E-state index is 0.0510. The Morgan fingerprint density at radius 2 is 2.32 bits per heavy atom. The van der Waals surface area contributed by atoms with Crippen LogP contribution < -0.4 is 10.6 Å². The van der Waals surface area contributed by atoms with Crippen molar-refractivity contribution in [3.63, 3.8) is 0 Å². The summed E-state index contributed by atoms with van der Waals surface area (Å²) in [7, 11) is 0. The molecule has 2 rings (SSSR count). The Morgan fingerprint density at radius 3 is 3.05 bits per heavy atom. The molecule has 1 aliphatic heterocycles. The quantitative estimate of drug-likeness (QED) is 0.858. The molecule has 2 N–H and O–H groups in total. The van der Waals surface area contributed by atoms with Crippen LogP contribution in [0.15, 0.2) is 24.3 Å². The van der Waals surface area contributed by atoms with Gasteiger partial charge in [-0.2, -0.15) is 0 Å². The van der Waals surface area contributed by atoms with Crippen LogP contribution in [0, 0.1) is 0 Å². The van der Waals surface area contributed by atoms with Gasteiger partial charge >= 0.3 is 0 Å². The van der Waals surface area contributed by atoms with Gasteiger partial charge in [0.25, 0.3) is 0 Å². The van der Waals surface area contributed by atoms with Crippen LogP contribution in [-0.4, -0.2) is 38.3 Å². The molecule has 0 spiro atoms. The van der Waals surface area contributed by atoms with Gasteiger partial charge in [0.15, 0.2) is 0 Å². The molecule has 19 heavy (non-hydrogen) atoms. The van der Waals surface area contributed by atoms with Gasteiger partial charge < -0.3 is 15.4 Å². The van der Waals surface area contributed by atoms with Gasteiger partial charge in [-0.1, -0.05) is 29.8 Å². The van der Waals surface area contributed by atoms with Crippen LogP contribution in [-0.2, 0) is 16.0 Å². The third-order valence-corrected chi connectivity index (χ3v) is 3.47. The molecule has 1 unspecified atom stereocenters. The van der Waals surface area contributed by atoms with Crippen molar-refractivity contribution < 1.29 is 9.53 Å². The lowest BCUT2D eigenvalue weighted by Gasteiger charge is -2.23. The number of carbonyl (C=O) groups is 1. The van der Waals surface area contributed by atoms with Crippen molar-refractivity contribution in [2.45, 2.75) is 18.9 Å². The molecule has 0 aliphatic carbocycles. The first-order valence-electron chi connectivity index (χ1n) is 6.57. The second-order valence-corrected chi connectivity index (χ2v) is 5.03. The fourth-order valence-corrected chi connectivity index (χ4v) is 2.31. The summed E-state index contributed by atoms with van der Waals surface area (Å²) in [4.78, 5) is 11.7. The van der Waals surface area contributed by atoms with Gasteiger partial charge in [-0.25, -0.2) is 0 Å². The Hall–Kier alpha value is -1.10. The Bertz CT molecular complexity index is 420. The first-order chi connectivity index (χ1) is 9.25. The third kappa shape index (κ3) is 4.82. The first-order valence-corrected chi connectivity index (χ1v) is 6.95. The molecule has 1 saturated heterocycles. The monoisotopic (exact) mass is 282 g/mol. The molecule has 1 aromatic carbocycles. The number of amides is 1. The molecule has 1 aromatic rings. The van der Waals surface area contributed by atoms with E-state index in [9.17, 15) is 4.79 Å². The van der Waals surface area contributed by atoms with Crippen LogP contribution in [0.2, 0.25) is 5.02 Å². The van der Waals surface area contributed by atoms with Crippen LogP contribution in [0.25, 0.3) is 0 Å². The molecule has 104 valence electrons. The zero-order valence-corrected chi connectivity index (χ0v) is 11.6. The number of hydrogen-bond donors (Lipinski definition) is 2. The molecule has 0 aromatic heterocycles. The van der Waals surface area contributed by atoms with Gasteiger partial charge in [0, 0.05) is 30.6 Å². The van der Waals surface area contributed by atoms with E-state index in [0.29, 0.717) is 19.6 Å². The topological polar surface area (TPSA) is 50.4 Å². The Balaban J connectivity index is 1.67. The van der Waals surface area contributed by atoms with Gasteiger partial charge in [-0.15, -0.1) is 0 Å². The van der Waals surface area contributed by atoms with Crippen molar-refractivity contribution in [1.82, 2.24) is 10.6 Å². The standard InChI is InChI=1S/C14H19ClN2O2/c15-13-4-2-1-3-11(13)5-6-17-14(18)9-12-10-19-8-7-16-12/h1-4,12,16H,5-10H2,(H,17,18). The molecule has 1 fully saturated rings. The number of rotatable bonds is 5. The van der Waals surface area contributed by atoms with E-state index in [4.69, 9.17) is 16.3 Å². The van der Waals surface area contributed by atoms with Gasteiger partial charge in [0.1, 0.15) is 0 Å². The van der Waals surface area contributed by atoms with E-state index >= 15 is 0 Å². The van der Waals surface area contributed by atoms with E-state index in [-0.39, 0.29) is 11.9 Å². The predicted molar refractivity (Wildman–Crippen MR) is 75.4 cm³/mol. The van der Waals surface area contributed by atoms with E-state index in [0.717, 1.165) is 30.2 Å². The third-order valence-electron chi connectivity index (χ3n) is 3.10. The minimum Gasteiger partial charge on any atom is -0.378 e. The van der Waals surface area contributed by atoms with Crippen molar-refractivity contribution in [3.8, 4) is 0 Å². The Labute approximate surface area is 118 Å². The molecule has 0 saturated carbocycles. The van der Waals surface area contributed by atoms with Crippen molar-refractivity contribution in [1.29, 1.82) is 0 Å².